The zero-order valence-corrected chi connectivity index (χ0v) is 16.1. The first-order valence-corrected chi connectivity index (χ1v) is 9.61. The molecule has 6 nitrogen and oxygen atoms in total. The normalized spacial score (nSPS) is 10.9. The largest absolute Gasteiger partial charge is 0.486 e. The van der Waals surface area contributed by atoms with Gasteiger partial charge in [-0.2, -0.15) is 10.3 Å². The van der Waals surface area contributed by atoms with Crippen LogP contribution in [0.2, 0.25) is 0 Å². The Morgan fingerprint density at radius 2 is 1.43 bits per heavy atom. The van der Waals surface area contributed by atoms with Crippen LogP contribution in [0.5, 0.6) is 5.75 Å². The number of nitrogens with two attached hydrogens (primary N) is 1. The van der Waals surface area contributed by atoms with Gasteiger partial charge >= 0.3 is 0 Å². The van der Waals surface area contributed by atoms with Gasteiger partial charge in [-0.1, -0.05) is 72.8 Å². The molecule has 3 N–H and O–H groups in total. The van der Waals surface area contributed by atoms with Crippen LogP contribution in [0.15, 0.2) is 84.9 Å². The van der Waals surface area contributed by atoms with Crippen LogP contribution >= 0.6 is 0 Å². The summed E-state index contributed by atoms with van der Waals surface area (Å²) in [5.74, 6) is 0.905. The Morgan fingerprint density at radius 1 is 0.733 bits per heavy atom. The first-order valence-electron chi connectivity index (χ1n) is 9.61. The Kier molecular flexibility index (Phi) is 4.57. The molecule has 0 spiro atoms. The number of nitrogens with zero attached hydrogens (tertiary/aromatic N) is 3. The van der Waals surface area contributed by atoms with Crippen molar-refractivity contribution in [2.45, 2.75) is 6.61 Å². The minimum atomic E-state index is 0.346. The molecule has 146 valence electrons. The van der Waals surface area contributed by atoms with Crippen molar-refractivity contribution < 1.29 is 4.74 Å². The molecule has 0 bridgehead atoms. The second kappa shape index (κ2) is 7.67. The topological polar surface area (TPSA) is 89.7 Å². The molecule has 0 amide bonds. The SMILES string of the molecule is Nc1cc(OCc2cccc(-c3ccc(-c4ccccc4)cc3)c2)c2n[nH]nc2n1. The molecule has 0 unspecified atom stereocenters. The van der Waals surface area contributed by atoms with Crippen LogP contribution in [-0.2, 0) is 6.61 Å². The van der Waals surface area contributed by atoms with Gasteiger partial charge in [0.2, 0.25) is 5.65 Å². The maximum absolute atomic E-state index is 5.97. The zero-order chi connectivity index (χ0) is 20.3. The molecule has 3 aromatic carbocycles. The van der Waals surface area contributed by atoms with Crippen molar-refractivity contribution in [3.8, 4) is 28.0 Å². The summed E-state index contributed by atoms with van der Waals surface area (Å²) in [4.78, 5) is 4.13. The Bertz CT molecular complexity index is 1300. The molecule has 0 radical (unpaired) electrons. The molecule has 6 heteroatoms. The van der Waals surface area contributed by atoms with Crippen molar-refractivity contribution in [1.82, 2.24) is 20.4 Å². The fourth-order valence-corrected chi connectivity index (χ4v) is 3.42. The molecule has 0 aliphatic heterocycles. The Hall–Kier alpha value is -4.19. The second-order valence-electron chi connectivity index (χ2n) is 6.97. The molecule has 5 aromatic rings. The van der Waals surface area contributed by atoms with Crippen LogP contribution in [0, 0.1) is 0 Å². The van der Waals surface area contributed by atoms with Crippen molar-refractivity contribution in [1.29, 1.82) is 0 Å². The molecule has 0 atom stereocenters. The third kappa shape index (κ3) is 3.58. The lowest BCUT2D eigenvalue weighted by Gasteiger charge is -2.09. The van der Waals surface area contributed by atoms with Crippen LogP contribution < -0.4 is 10.5 Å². The van der Waals surface area contributed by atoms with E-state index in [4.69, 9.17) is 10.5 Å². The number of pyridine rings is 1. The third-order valence-electron chi connectivity index (χ3n) is 4.92. The third-order valence-corrected chi connectivity index (χ3v) is 4.92. The van der Waals surface area contributed by atoms with E-state index in [0.29, 0.717) is 29.3 Å². The van der Waals surface area contributed by atoms with Crippen LogP contribution in [0.3, 0.4) is 0 Å². The van der Waals surface area contributed by atoms with Crippen LogP contribution in [0.4, 0.5) is 5.82 Å². The standard InChI is InChI=1S/C24H19N5O/c25-22-14-21(23-24(26-22)28-29-27-23)30-15-16-5-4-8-20(13-16)19-11-9-18(10-12-19)17-6-2-1-3-7-17/h1-14H,15H2,(H3,25,26,27,28,29). The van der Waals surface area contributed by atoms with E-state index in [1.807, 2.05) is 18.2 Å². The summed E-state index contributed by atoms with van der Waals surface area (Å²) in [7, 11) is 0. The highest BCUT2D eigenvalue weighted by atomic mass is 16.5. The highest BCUT2D eigenvalue weighted by Crippen LogP contribution is 2.27. The van der Waals surface area contributed by atoms with Gasteiger partial charge in [0, 0.05) is 6.07 Å². The Balaban J connectivity index is 1.36. The lowest BCUT2D eigenvalue weighted by Crippen LogP contribution is -1.99. The van der Waals surface area contributed by atoms with E-state index in [1.54, 1.807) is 6.07 Å². The maximum Gasteiger partial charge on any atom is 0.207 e. The molecular weight excluding hydrogens is 374 g/mol. The van der Waals surface area contributed by atoms with Gasteiger partial charge in [0.1, 0.15) is 12.4 Å². The summed E-state index contributed by atoms with van der Waals surface area (Å²) < 4.78 is 5.97. The molecule has 0 aliphatic rings. The van der Waals surface area contributed by atoms with E-state index in [9.17, 15) is 0 Å². The Labute approximate surface area is 173 Å². The molecule has 30 heavy (non-hydrogen) atoms. The summed E-state index contributed by atoms with van der Waals surface area (Å²) in [5.41, 5.74) is 12.6. The number of nitrogen functional groups attached to an aromatic ring is 1. The maximum atomic E-state index is 5.97. The van der Waals surface area contributed by atoms with Crippen LogP contribution in [-0.4, -0.2) is 20.4 Å². The number of nitrogens with one attached hydrogen (secondary N) is 1. The minimum Gasteiger partial charge on any atom is -0.486 e. The van der Waals surface area contributed by atoms with Gasteiger partial charge < -0.3 is 10.5 Å². The summed E-state index contributed by atoms with van der Waals surface area (Å²) >= 11 is 0. The highest BCUT2D eigenvalue weighted by molar-refractivity contribution is 5.79. The predicted molar refractivity (Wildman–Crippen MR) is 118 cm³/mol. The van der Waals surface area contributed by atoms with E-state index in [0.717, 1.165) is 16.7 Å². The summed E-state index contributed by atoms with van der Waals surface area (Å²) in [5, 5.41) is 10.6. The van der Waals surface area contributed by atoms with Gasteiger partial charge in [-0.3, -0.25) is 0 Å². The number of rotatable bonds is 5. The van der Waals surface area contributed by atoms with Crippen molar-refractivity contribution in [2.24, 2.45) is 0 Å². The van der Waals surface area contributed by atoms with Gasteiger partial charge in [-0.15, -0.1) is 5.10 Å². The van der Waals surface area contributed by atoms with Crippen molar-refractivity contribution >= 4 is 17.0 Å². The van der Waals surface area contributed by atoms with Gasteiger partial charge in [0.05, 0.1) is 0 Å². The van der Waals surface area contributed by atoms with E-state index in [2.05, 4.69) is 81.1 Å². The molecule has 0 aliphatic carbocycles. The van der Waals surface area contributed by atoms with Gasteiger partial charge in [-0.25, -0.2) is 4.98 Å². The summed E-state index contributed by atoms with van der Waals surface area (Å²) in [6.45, 7) is 0.390. The van der Waals surface area contributed by atoms with Crippen molar-refractivity contribution in [3.63, 3.8) is 0 Å². The first kappa shape index (κ1) is 17.9. The second-order valence-corrected chi connectivity index (χ2v) is 6.97. The first-order chi connectivity index (χ1) is 14.8. The average molecular weight is 393 g/mol. The van der Waals surface area contributed by atoms with Gasteiger partial charge in [0.15, 0.2) is 11.3 Å². The average Bonchev–Trinajstić information content (AvgIpc) is 3.27. The molecule has 0 saturated heterocycles. The molecule has 2 heterocycles. The van der Waals surface area contributed by atoms with E-state index in [-0.39, 0.29) is 0 Å². The fourth-order valence-electron chi connectivity index (χ4n) is 3.42. The predicted octanol–water partition coefficient (Wildman–Crippen LogP) is 4.85. The number of hydrogen-bond donors (Lipinski definition) is 2. The fraction of sp³-hybridized carbons (Fsp3) is 0.0417. The Morgan fingerprint density at radius 3 is 2.23 bits per heavy atom. The number of aromatic nitrogens is 4. The molecule has 2 aromatic heterocycles. The smallest absolute Gasteiger partial charge is 0.207 e. The number of benzene rings is 3. The summed E-state index contributed by atoms with van der Waals surface area (Å²) in [6.07, 6.45) is 0. The monoisotopic (exact) mass is 393 g/mol. The van der Waals surface area contributed by atoms with E-state index in [1.165, 1.54) is 11.1 Å². The minimum absolute atomic E-state index is 0.346. The number of fused-ring (bicyclic) bond motifs is 1. The van der Waals surface area contributed by atoms with E-state index >= 15 is 0 Å². The molecular formula is C24H19N5O. The zero-order valence-electron chi connectivity index (χ0n) is 16.1. The molecule has 0 saturated carbocycles. The molecule has 5 rings (SSSR count). The van der Waals surface area contributed by atoms with Crippen molar-refractivity contribution in [2.75, 3.05) is 5.73 Å². The number of anilines is 1. The lowest BCUT2D eigenvalue weighted by atomic mass is 9.99. The number of ether oxygens (including phenoxy) is 1. The number of H-pyrrole nitrogens is 1. The highest BCUT2D eigenvalue weighted by Gasteiger charge is 2.10. The lowest BCUT2D eigenvalue weighted by molar-refractivity contribution is 0.309. The number of aromatic amines is 1. The summed E-state index contributed by atoms with van der Waals surface area (Å²) in [6, 6.07) is 28.9. The van der Waals surface area contributed by atoms with Gasteiger partial charge in [0.25, 0.3) is 0 Å². The molecule has 0 fully saturated rings. The number of hydrogen-bond acceptors (Lipinski definition) is 5. The van der Waals surface area contributed by atoms with Gasteiger partial charge in [-0.05, 0) is 33.9 Å². The van der Waals surface area contributed by atoms with E-state index < -0.39 is 0 Å². The van der Waals surface area contributed by atoms with Crippen molar-refractivity contribution in [3.05, 3.63) is 90.5 Å². The van der Waals surface area contributed by atoms with Crippen LogP contribution in [0.25, 0.3) is 33.4 Å². The van der Waals surface area contributed by atoms with Crippen LogP contribution in [0.1, 0.15) is 5.56 Å². The quantitative estimate of drug-likeness (QED) is 0.446.